The first-order valence-corrected chi connectivity index (χ1v) is 10.3. The van der Waals surface area contributed by atoms with Crippen molar-refractivity contribution in [3.8, 4) is 0 Å². The van der Waals surface area contributed by atoms with E-state index in [2.05, 4.69) is 15.8 Å². The number of nitrogens with zero attached hydrogens (tertiary/aromatic N) is 2. The van der Waals surface area contributed by atoms with Crippen LogP contribution in [0.3, 0.4) is 0 Å². The standard InChI is InChI=1S/C25H26N4O3/c1-25(2,16-22(30)27-28-24(32)19-10-9-15-26-18-19)17-23(31)29(20-11-5-3-6-12-20)21-13-7-4-8-14-21/h3-15,18H,16-17H2,1-2H3,(H,27,30)(H,28,32). The normalized spacial score (nSPS) is 10.8. The number of carbonyl (C=O) groups excluding carboxylic acids is 3. The predicted octanol–water partition coefficient (Wildman–Crippen LogP) is 4.01. The van der Waals surface area contributed by atoms with Gasteiger partial charge in [-0.2, -0.15) is 0 Å². The van der Waals surface area contributed by atoms with E-state index in [-0.39, 0.29) is 24.7 Å². The average Bonchev–Trinajstić information content (AvgIpc) is 2.79. The van der Waals surface area contributed by atoms with E-state index < -0.39 is 11.3 Å². The van der Waals surface area contributed by atoms with Crippen molar-refractivity contribution in [3.63, 3.8) is 0 Å². The molecule has 0 unspecified atom stereocenters. The highest BCUT2D eigenvalue weighted by atomic mass is 16.2. The van der Waals surface area contributed by atoms with E-state index in [1.807, 2.05) is 74.5 Å². The van der Waals surface area contributed by atoms with Gasteiger partial charge in [-0.25, -0.2) is 0 Å². The van der Waals surface area contributed by atoms with Gasteiger partial charge in [-0.05, 0) is 41.8 Å². The van der Waals surface area contributed by atoms with Crippen LogP contribution in [0.15, 0.2) is 85.2 Å². The van der Waals surface area contributed by atoms with Gasteiger partial charge in [0.2, 0.25) is 11.8 Å². The van der Waals surface area contributed by atoms with Crippen LogP contribution in [0.5, 0.6) is 0 Å². The van der Waals surface area contributed by atoms with Gasteiger partial charge in [0.25, 0.3) is 5.91 Å². The highest BCUT2D eigenvalue weighted by Crippen LogP contribution is 2.31. The number of hydrogen-bond donors (Lipinski definition) is 2. The number of hydrazine groups is 1. The maximum absolute atomic E-state index is 13.3. The number of pyridine rings is 1. The molecule has 3 aromatic rings. The van der Waals surface area contributed by atoms with E-state index in [9.17, 15) is 14.4 Å². The Morgan fingerprint density at radius 2 is 1.41 bits per heavy atom. The molecule has 32 heavy (non-hydrogen) atoms. The molecule has 0 aliphatic carbocycles. The molecule has 1 aromatic heterocycles. The van der Waals surface area contributed by atoms with Gasteiger partial charge < -0.3 is 0 Å². The molecule has 3 rings (SSSR count). The minimum Gasteiger partial charge on any atom is -0.281 e. The fraction of sp³-hybridized carbons (Fsp3) is 0.200. The van der Waals surface area contributed by atoms with Crippen molar-refractivity contribution >= 4 is 29.1 Å². The first kappa shape index (κ1) is 22.7. The molecule has 0 saturated carbocycles. The summed E-state index contributed by atoms with van der Waals surface area (Å²) in [6.07, 6.45) is 3.17. The van der Waals surface area contributed by atoms with Crippen molar-refractivity contribution in [2.75, 3.05) is 4.90 Å². The molecule has 0 saturated heterocycles. The second-order valence-corrected chi connectivity index (χ2v) is 8.16. The number of aromatic nitrogens is 1. The molecule has 1 heterocycles. The summed E-state index contributed by atoms with van der Waals surface area (Å²) in [4.78, 5) is 43.3. The van der Waals surface area contributed by atoms with Gasteiger partial charge >= 0.3 is 0 Å². The number of hydrogen-bond acceptors (Lipinski definition) is 4. The second-order valence-electron chi connectivity index (χ2n) is 8.16. The van der Waals surface area contributed by atoms with Crippen LogP contribution in [0.1, 0.15) is 37.0 Å². The quantitative estimate of drug-likeness (QED) is 0.554. The fourth-order valence-electron chi connectivity index (χ4n) is 3.32. The van der Waals surface area contributed by atoms with Crippen LogP contribution in [-0.4, -0.2) is 22.7 Å². The third-order valence-corrected chi connectivity index (χ3v) is 4.79. The Hall–Kier alpha value is -4.00. The molecule has 2 N–H and O–H groups in total. The first-order chi connectivity index (χ1) is 15.4. The zero-order chi connectivity index (χ0) is 23.0. The Morgan fingerprint density at radius 1 is 0.812 bits per heavy atom. The van der Waals surface area contributed by atoms with Crippen LogP contribution in [0.4, 0.5) is 11.4 Å². The monoisotopic (exact) mass is 430 g/mol. The van der Waals surface area contributed by atoms with Gasteiger partial charge in [-0.1, -0.05) is 50.2 Å². The summed E-state index contributed by atoms with van der Waals surface area (Å²) in [5.74, 6) is -0.967. The fourth-order valence-corrected chi connectivity index (χ4v) is 3.32. The van der Waals surface area contributed by atoms with Gasteiger partial charge in [-0.15, -0.1) is 0 Å². The second kappa shape index (κ2) is 10.3. The molecule has 164 valence electrons. The molecular formula is C25H26N4O3. The largest absolute Gasteiger partial charge is 0.281 e. The van der Waals surface area contributed by atoms with Crippen molar-refractivity contribution in [2.45, 2.75) is 26.7 Å². The zero-order valence-electron chi connectivity index (χ0n) is 18.1. The molecule has 2 aromatic carbocycles. The highest BCUT2D eigenvalue weighted by molar-refractivity contribution is 6.01. The first-order valence-electron chi connectivity index (χ1n) is 10.3. The summed E-state index contributed by atoms with van der Waals surface area (Å²) in [6.45, 7) is 3.70. The smallest absolute Gasteiger partial charge is 0.271 e. The van der Waals surface area contributed by atoms with Crippen LogP contribution in [0, 0.1) is 5.41 Å². The van der Waals surface area contributed by atoms with Gasteiger partial charge in [0.1, 0.15) is 0 Å². The van der Waals surface area contributed by atoms with Crippen molar-refractivity contribution in [3.05, 3.63) is 90.8 Å². The summed E-state index contributed by atoms with van der Waals surface area (Å²) < 4.78 is 0. The van der Waals surface area contributed by atoms with Crippen molar-refractivity contribution < 1.29 is 14.4 Å². The van der Waals surface area contributed by atoms with Gasteiger partial charge in [0.05, 0.1) is 5.56 Å². The van der Waals surface area contributed by atoms with Gasteiger partial charge in [0.15, 0.2) is 0 Å². The maximum Gasteiger partial charge on any atom is 0.271 e. The number of rotatable bonds is 7. The number of amides is 3. The summed E-state index contributed by atoms with van der Waals surface area (Å²) >= 11 is 0. The summed E-state index contributed by atoms with van der Waals surface area (Å²) in [7, 11) is 0. The number of nitrogens with one attached hydrogen (secondary N) is 2. The van der Waals surface area contributed by atoms with E-state index in [1.165, 1.54) is 6.20 Å². The van der Waals surface area contributed by atoms with Crippen molar-refractivity contribution in [1.29, 1.82) is 0 Å². The lowest BCUT2D eigenvalue weighted by molar-refractivity contribution is -0.125. The molecule has 0 fully saturated rings. The molecule has 0 bridgehead atoms. The Morgan fingerprint density at radius 3 is 1.94 bits per heavy atom. The van der Waals surface area contributed by atoms with Gasteiger partial charge in [-0.3, -0.25) is 35.1 Å². The average molecular weight is 431 g/mol. The lowest BCUT2D eigenvalue weighted by Gasteiger charge is -2.29. The Kier molecular flexibility index (Phi) is 7.33. The molecule has 3 amide bonds. The molecule has 0 radical (unpaired) electrons. The Bertz CT molecular complexity index is 1010. The topological polar surface area (TPSA) is 91.4 Å². The molecule has 0 atom stereocenters. The summed E-state index contributed by atoms with van der Waals surface area (Å²) in [5, 5.41) is 0. The number of carbonyl (C=O) groups is 3. The minimum atomic E-state index is -0.637. The van der Waals surface area contributed by atoms with E-state index in [1.54, 1.807) is 23.2 Å². The Balaban J connectivity index is 1.64. The van der Waals surface area contributed by atoms with Crippen LogP contribution in [-0.2, 0) is 9.59 Å². The van der Waals surface area contributed by atoms with E-state index >= 15 is 0 Å². The lowest BCUT2D eigenvalue weighted by atomic mass is 9.84. The zero-order valence-corrected chi connectivity index (χ0v) is 18.1. The molecular weight excluding hydrogens is 404 g/mol. The molecule has 0 aliphatic heterocycles. The lowest BCUT2D eigenvalue weighted by Crippen LogP contribution is -2.43. The van der Waals surface area contributed by atoms with Crippen molar-refractivity contribution in [1.82, 2.24) is 15.8 Å². The van der Waals surface area contributed by atoms with Crippen molar-refractivity contribution in [2.24, 2.45) is 5.41 Å². The van der Waals surface area contributed by atoms with Crippen LogP contribution in [0.25, 0.3) is 0 Å². The molecule has 0 spiro atoms. The number of anilines is 2. The van der Waals surface area contributed by atoms with E-state index in [0.717, 1.165) is 11.4 Å². The van der Waals surface area contributed by atoms with E-state index in [4.69, 9.17) is 0 Å². The third kappa shape index (κ3) is 6.25. The maximum atomic E-state index is 13.3. The summed E-state index contributed by atoms with van der Waals surface area (Å²) in [5.41, 5.74) is 6.00. The molecule has 0 aliphatic rings. The highest BCUT2D eigenvalue weighted by Gasteiger charge is 2.29. The van der Waals surface area contributed by atoms with Gasteiger partial charge in [0, 0.05) is 36.6 Å². The van der Waals surface area contributed by atoms with Crippen LogP contribution < -0.4 is 15.8 Å². The van der Waals surface area contributed by atoms with Crippen LogP contribution in [0.2, 0.25) is 0 Å². The predicted molar refractivity (Wildman–Crippen MR) is 123 cm³/mol. The number of para-hydroxylation sites is 2. The third-order valence-electron chi connectivity index (χ3n) is 4.79. The minimum absolute atomic E-state index is 0.0590. The SMILES string of the molecule is CC(C)(CC(=O)NNC(=O)c1cccnc1)CC(=O)N(c1ccccc1)c1ccccc1. The van der Waals surface area contributed by atoms with Crippen LogP contribution >= 0.6 is 0 Å². The van der Waals surface area contributed by atoms with E-state index in [0.29, 0.717) is 5.56 Å². The number of benzene rings is 2. The molecule has 7 heteroatoms. The molecule has 7 nitrogen and oxygen atoms in total. The summed E-state index contributed by atoms with van der Waals surface area (Å²) in [6, 6.07) is 22.0. The Labute approximate surface area is 187 Å².